The van der Waals surface area contributed by atoms with Gasteiger partial charge in [0, 0.05) is 70.5 Å². The van der Waals surface area contributed by atoms with Gasteiger partial charge in [-0.25, -0.2) is 5.01 Å². The molecule has 0 spiro atoms. The molecule has 0 aliphatic heterocycles. The second kappa shape index (κ2) is 20.1. The van der Waals surface area contributed by atoms with Gasteiger partial charge in [-0.05, 0) is 37.4 Å². The third-order valence-electron chi connectivity index (χ3n) is 4.95. The van der Waals surface area contributed by atoms with Crippen LogP contribution in [0.25, 0.3) is 0 Å². The van der Waals surface area contributed by atoms with Crippen LogP contribution in [-0.4, -0.2) is 70.3 Å². The molecule has 34 heavy (non-hydrogen) atoms. The summed E-state index contributed by atoms with van der Waals surface area (Å²) in [6.45, 7) is 7.41. The number of nitrogens with zero attached hydrogens (tertiary/aromatic N) is 1. The Hall–Kier alpha value is -2.28. The molecule has 1 aromatic rings. The van der Waals surface area contributed by atoms with Gasteiger partial charge < -0.3 is 20.5 Å². The average molecular weight is 475 g/mol. The number of benzene rings is 1. The fourth-order valence-electron chi connectivity index (χ4n) is 3.12. The topological polar surface area (TPSA) is 106 Å². The van der Waals surface area contributed by atoms with E-state index in [1.807, 2.05) is 12.1 Å². The van der Waals surface area contributed by atoms with E-state index in [1.54, 1.807) is 18.1 Å². The van der Waals surface area contributed by atoms with Gasteiger partial charge in [-0.15, -0.1) is 0 Å². The second-order valence-electron chi connectivity index (χ2n) is 8.01. The summed E-state index contributed by atoms with van der Waals surface area (Å²) in [6, 6.07) is 5.51. The van der Waals surface area contributed by atoms with E-state index >= 15 is 0 Å². The summed E-state index contributed by atoms with van der Waals surface area (Å²) < 4.78 is 11.0. The van der Waals surface area contributed by atoms with Crippen LogP contribution in [0.2, 0.25) is 0 Å². The lowest BCUT2D eigenvalue weighted by Gasteiger charge is -2.20. The number of hydrogen-bond acceptors (Lipinski definition) is 7. The zero-order chi connectivity index (χ0) is 24.9. The lowest BCUT2D eigenvalue weighted by molar-refractivity contribution is -0.125. The van der Waals surface area contributed by atoms with Crippen molar-refractivity contribution in [1.29, 1.82) is 0 Å². The van der Waals surface area contributed by atoms with Crippen molar-refractivity contribution in [1.82, 2.24) is 15.8 Å². The molecule has 1 aromatic carbocycles. The first-order valence-electron chi connectivity index (χ1n) is 12.2. The first-order valence-corrected chi connectivity index (χ1v) is 12.2. The minimum Gasteiger partial charge on any atom is -0.381 e. The molecule has 0 saturated heterocycles. The summed E-state index contributed by atoms with van der Waals surface area (Å²) >= 11 is 0. The highest BCUT2D eigenvalue weighted by molar-refractivity contribution is 5.79. The van der Waals surface area contributed by atoms with Crippen molar-refractivity contribution in [2.24, 2.45) is 5.73 Å². The van der Waals surface area contributed by atoms with Crippen molar-refractivity contribution in [2.75, 3.05) is 53.1 Å². The lowest BCUT2D eigenvalue weighted by atomic mass is 10.0. The maximum absolute atomic E-state index is 12.0. The molecule has 0 radical (unpaired) electrons. The fraction of sp³-hybridized carbons (Fsp3) is 0.615. The van der Waals surface area contributed by atoms with Gasteiger partial charge in [0.2, 0.25) is 5.91 Å². The number of carbonyl (C=O) groups excluding carboxylic acids is 2. The highest BCUT2D eigenvalue weighted by atomic mass is 16.5. The van der Waals surface area contributed by atoms with Crippen molar-refractivity contribution < 1.29 is 19.1 Å². The Kier molecular flexibility index (Phi) is 17.6. The monoisotopic (exact) mass is 474 g/mol. The molecule has 0 saturated carbocycles. The largest absolute Gasteiger partial charge is 0.381 e. The maximum Gasteiger partial charge on any atom is 0.234 e. The molecular formula is C26H42N4O4. The van der Waals surface area contributed by atoms with Gasteiger partial charge >= 0.3 is 0 Å². The molecule has 0 heterocycles. The van der Waals surface area contributed by atoms with Crippen molar-refractivity contribution >= 4 is 12.2 Å². The van der Waals surface area contributed by atoms with Crippen LogP contribution in [0.4, 0.5) is 0 Å². The number of aldehydes is 1. The average Bonchev–Trinajstić information content (AvgIpc) is 2.83. The summed E-state index contributed by atoms with van der Waals surface area (Å²) in [6.07, 6.45) is 5.61. The van der Waals surface area contributed by atoms with E-state index in [1.165, 1.54) is 0 Å². The SMILES string of the molecule is CCCCC(=O)NN(C)Cc1c(C#CCCNCCOCCCOCCCN)cccc1C=O. The molecule has 0 aliphatic rings. The number of hydrazine groups is 1. The smallest absolute Gasteiger partial charge is 0.234 e. The van der Waals surface area contributed by atoms with Crippen molar-refractivity contribution in [2.45, 2.75) is 52.0 Å². The molecule has 0 fully saturated rings. The highest BCUT2D eigenvalue weighted by Gasteiger charge is 2.11. The molecule has 8 heteroatoms. The quantitative estimate of drug-likeness (QED) is 0.122. The minimum atomic E-state index is -0.0218. The van der Waals surface area contributed by atoms with E-state index in [2.05, 4.69) is 29.5 Å². The number of rotatable bonds is 19. The van der Waals surface area contributed by atoms with E-state index < -0.39 is 0 Å². The Bertz CT molecular complexity index is 761. The molecule has 1 amide bonds. The van der Waals surface area contributed by atoms with Gasteiger partial charge in [-0.2, -0.15) is 0 Å². The highest BCUT2D eigenvalue weighted by Crippen LogP contribution is 2.14. The van der Waals surface area contributed by atoms with Gasteiger partial charge in [0.05, 0.1) is 6.61 Å². The lowest BCUT2D eigenvalue weighted by Crippen LogP contribution is -2.39. The van der Waals surface area contributed by atoms with Crippen LogP contribution in [0.15, 0.2) is 18.2 Å². The van der Waals surface area contributed by atoms with E-state index in [0.29, 0.717) is 57.9 Å². The molecule has 0 bridgehead atoms. The zero-order valence-electron chi connectivity index (χ0n) is 20.9. The van der Waals surface area contributed by atoms with Gasteiger partial charge in [-0.3, -0.25) is 15.0 Å². The Morgan fingerprint density at radius 2 is 1.88 bits per heavy atom. The molecule has 1 rings (SSSR count). The van der Waals surface area contributed by atoms with Crippen LogP contribution in [0.3, 0.4) is 0 Å². The van der Waals surface area contributed by atoms with Crippen LogP contribution < -0.4 is 16.5 Å². The number of carbonyl (C=O) groups is 2. The van der Waals surface area contributed by atoms with E-state index in [9.17, 15) is 9.59 Å². The predicted molar refractivity (Wildman–Crippen MR) is 135 cm³/mol. The Morgan fingerprint density at radius 1 is 1.12 bits per heavy atom. The van der Waals surface area contributed by atoms with Crippen molar-refractivity contribution in [3.63, 3.8) is 0 Å². The maximum atomic E-state index is 12.0. The van der Waals surface area contributed by atoms with Crippen LogP contribution in [0.5, 0.6) is 0 Å². The summed E-state index contributed by atoms with van der Waals surface area (Å²) in [4.78, 5) is 23.5. The van der Waals surface area contributed by atoms with Gasteiger partial charge in [0.15, 0.2) is 0 Å². The first kappa shape index (κ1) is 29.8. The van der Waals surface area contributed by atoms with Gasteiger partial charge in [0.1, 0.15) is 6.29 Å². The van der Waals surface area contributed by atoms with E-state index in [4.69, 9.17) is 15.2 Å². The number of ether oxygens (including phenoxy) is 2. The fourth-order valence-corrected chi connectivity index (χ4v) is 3.12. The molecule has 0 aromatic heterocycles. The summed E-state index contributed by atoms with van der Waals surface area (Å²) in [5, 5.41) is 5.02. The van der Waals surface area contributed by atoms with Crippen LogP contribution in [-0.2, 0) is 20.8 Å². The standard InChI is InChI=1S/C26H42N4O4/c1-3-4-13-26(32)29-30(2)21-25-23(11-7-12-24(25)22-31)10-5-6-15-28-16-20-34-19-9-18-33-17-8-14-27/h7,11-12,22,28H,3-4,6,8-9,13-21,27H2,1-2H3,(H,29,32). The third kappa shape index (κ3) is 14.1. The Morgan fingerprint density at radius 3 is 2.62 bits per heavy atom. The van der Waals surface area contributed by atoms with Crippen molar-refractivity contribution in [3.8, 4) is 11.8 Å². The second-order valence-corrected chi connectivity index (χ2v) is 8.01. The minimum absolute atomic E-state index is 0.0218. The van der Waals surface area contributed by atoms with E-state index in [0.717, 1.165) is 56.2 Å². The predicted octanol–water partition coefficient (Wildman–Crippen LogP) is 2.26. The van der Waals surface area contributed by atoms with E-state index in [-0.39, 0.29) is 5.91 Å². The summed E-state index contributed by atoms with van der Waals surface area (Å²) in [5.74, 6) is 6.33. The third-order valence-corrected chi connectivity index (χ3v) is 4.95. The molecule has 0 unspecified atom stereocenters. The molecule has 190 valence electrons. The number of amides is 1. The zero-order valence-corrected chi connectivity index (χ0v) is 20.9. The molecule has 8 nitrogen and oxygen atoms in total. The van der Waals surface area contributed by atoms with Crippen LogP contribution in [0.1, 0.15) is 66.9 Å². The number of hydrogen-bond donors (Lipinski definition) is 3. The van der Waals surface area contributed by atoms with Crippen LogP contribution >= 0.6 is 0 Å². The summed E-state index contributed by atoms with van der Waals surface area (Å²) in [7, 11) is 1.80. The number of nitrogens with one attached hydrogen (secondary N) is 2. The van der Waals surface area contributed by atoms with Crippen molar-refractivity contribution in [3.05, 3.63) is 34.9 Å². The first-order chi connectivity index (χ1) is 16.6. The number of unbranched alkanes of at least 4 members (excludes halogenated alkanes) is 1. The normalized spacial score (nSPS) is 10.7. The Balaban J connectivity index is 2.36. The molecule has 0 aliphatic carbocycles. The van der Waals surface area contributed by atoms with Gasteiger partial charge in [-0.1, -0.05) is 37.3 Å². The summed E-state index contributed by atoms with van der Waals surface area (Å²) in [5.41, 5.74) is 10.5. The molecule has 0 atom stereocenters. The molecule has 4 N–H and O–H groups in total. The Labute approximate surface area is 204 Å². The number of nitrogens with two attached hydrogens (primary N) is 1. The van der Waals surface area contributed by atoms with Crippen LogP contribution in [0, 0.1) is 11.8 Å². The molecular weight excluding hydrogens is 432 g/mol. The van der Waals surface area contributed by atoms with Gasteiger partial charge in [0.25, 0.3) is 0 Å².